The summed E-state index contributed by atoms with van der Waals surface area (Å²) in [4.78, 5) is 13.9. The number of hydrogen-bond donors (Lipinski definition) is 2. The van der Waals surface area contributed by atoms with E-state index >= 15 is 0 Å². The Balaban J connectivity index is 2.00. The number of carbonyl (C=O) groups is 1. The van der Waals surface area contributed by atoms with Crippen molar-refractivity contribution in [2.75, 3.05) is 46.5 Å². The van der Waals surface area contributed by atoms with Gasteiger partial charge in [-0.25, -0.2) is 0 Å². The summed E-state index contributed by atoms with van der Waals surface area (Å²) in [6, 6.07) is 0. The highest BCUT2D eigenvalue weighted by atomic mass is 16.5. The van der Waals surface area contributed by atoms with Crippen molar-refractivity contribution in [2.24, 2.45) is 0 Å². The van der Waals surface area contributed by atoms with Crippen LogP contribution in [0.25, 0.3) is 0 Å². The Morgan fingerprint density at radius 1 is 1.29 bits per heavy atom. The van der Waals surface area contributed by atoms with E-state index in [4.69, 9.17) is 9.47 Å². The molecule has 1 rings (SSSR count). The molecule has 0 aliphatic carbocycles. The molecule has 21 heavy (non-hydrogen) atoms. The Bertz CT molecular complexity index is 283. The molecule has 2 unspecified atom stereocenters. The lowest BCUT2D eigenvalue weighted by Gasteiger charge is -2.26. The molecule has 1 fully saturated rings. The van der Waals surface area contributed by atoms with Gasteiger partial charge >= 0.3 is 0 Å². The van der Waals surface area contributed by atoms with Crippen molar-refractivity contribution in [3.8, 4) is 0 Å². The van der Waals surface area contributed by atoms with Crippen molar-refractivity contribution in [3.05, 3.63) is 0 Å². The number of nitrogens with one attached hydrogen (secondary N) is 1. The molecule has 0 aromatic carbocycles. The van der Waals surface area contributed by atoms with Crippen LogP contribution in [0.1, 0.15) is 32.6 Å². The van der Waals surface area contributed by atoms with Crippen molar-refractivity contribution in [2.45, 2.75) is 44.8 Å². The smallest absolute Gasteiger partial charge is 0.223 e. The highest BCUT2D eigenvalue weighted by Gasteiger charge is 2.15. The Labute approximate surface area is 127 Å². The molecule has 0 bridgehead atoms. The van der Waals surface area contributed by atoms with E-state index in [1.807, 2.05) is 11.8 Å². The van der Waals surface area contributed by atoms with Crippen LogP contribution in [-0.4, -0.2) is 74.6 Å². The molecule has 6 nitrogen and oxygen atoms in total. The van der Waals surface area contributed by atoms with Crippen LogP contribution in [-0.2, 0) is 14.3 Å². The molecule has 1 saturated heterocycles. The number of aliphatic hydroxyl groups is 1. The topological polar surface area (TPSA) is 71.0 Å². The van der Waals surface area contributed by atoms with Gasteiger partial charge in [0.25, 0.3) is 0 Å². The van der Waals surface area contributed by atoms with Crippen LogP contribution in [0.5, 0.6) is 0 Å². The van der Waals surface area contributed by atoms with E-state index in [1.165, 1.54) is 6.42 Å². The molecular weight excluding hydrogens is 272 g/mol. The van der Waals surface area contributed by atoms with Crippen LogP contribution in [0.4, 0.5) is 0 Å². The van der Waals surface area contributed by atoms with Crippen LogP contribution in [0, 0.1) is 0 Å². The van der Waals surface area contributed by atoms with Crippen molar-refractivity contribution in [3.63, 3.8) is 0 Å². The molecule has 2 N–H and O–H groups in total. The van der Waals surface area contributed by atoms with Crippen molar-refractivity contribution >= 4 is 5.91 Å². The normalized spacial score (nSPS) is 18.5. The molecule has 1 aliphatic rings. The molecule has 0 spiro atoms. The number of ether oxygens (including phenoxy) is 2. The summed E-state index contributed by atoms with van der Waals surface area (Å²) in [5.41, 5.74) is 0. The number of carbonyl (C=O) groups excluding carboxylic acids is 1. The zero-order valence-electron chi connectivity index (χ0n) is 13.3. The van der Waals surface area contributed by atoms with Gasteiger partial charge in [-0.15, -0.1) is 0 Å². The molecule has 1 heterocycles. The lowest BCUT2D eigenvalue weighted by Crippen LogP contribution is -2.38. The summed E-state index contributed by atoms with van der Waals surface area (Å²) >= 11 is 0. The number of rotatable bonds is 10. The summed E-state index contributed by atoms with van der Waals surface area (Å²) < 4.78 is 10.4. The lowest BCUT2D eigenvalue weighted by atomic mass is 10.1. The van der Waals surface area contributed by atoms with E-state index in [1.54, 1.807) is 7.11 Å². The van der Waals surface area contributed by atoms with Gasteiger partial charge in [0.05, 0.1) is 25.4 Å². The highest BCUT2D eigenvalue weighted by Crippen LogP contribution is 2.09. The Kier molecular flexibility index (Phi) is 9.58. The van der Waals surface area contributed by atoms with E-state index in [0.717, 1.165) is 25.9 Å². The van der Waals surface area contributed by atoms with E-state index in [9.17, 15) is 9.90 Å². The van der Waals surface area contributed by atoms with Gasteiger partial charge in [0, 0.05) is 39.7 Å². The molecular formula is C15H30N2O4. The third kappa shape index (κ3) is 8.36. The second kappa shape index (κ2) is 11.0. The van der Waals surface area contributed by atoms with Crippen molar-refractivity contribution < 1.29 is 19.4 Å². The largest absolute Gasteiger partial charge is 0.389 e. The van der Waals surface area contributed by atoms with Gasteiger partial charge in [-0.05, 0) is 26.2 Å². The molecule has 2 atom stereocenters. The number of hydrogen-bond acceptors (Lipinski definition) is 5. The molecule has 0 radical (unpaired) electrons. The van der Waals surface area contributed by atoms with Crippen molar-refractivity contribution in [1.82, 2.24) is 10.2 Å². The van der Waals surface area contributed by atoms with E-state index < -0.39 is 6.10 Å². The monoisotopic (exact) mass is 302 g/mol. The van der Waals surface area contributed by atoms with Crippen LogP contribution < -0.4 is 5.32 Å². The second-order valence-corrected chi connectivity index (χ2v) is 5.65. The number of amides is 1. The maximum atomic E-state index is 11.9. The number of nitrogens with zero attached hydrogens (tertiary/aromatic N) is 1. The molecule has 0 aromatic heterocycles. The molecule has 1 amide bonds. The lowest BCUT2D eigenvalue weighted by molar-refractivity contribution is -0.132. The Morgan fingerprint density at radius 2 is 2.00 bits per heavy atom. The van der Waals surface area contributed by atoms with Gasteiger partial charge < -0.3 is 24.8 Å². The van der Waals surface area contributed by atoms with Gasteiger partial charge in [0.2, 0.25) is 5.91 Å². The van der Waals surface area contributed by atoms with Gasteiger partial charge in [-0.1, -0.05) is 0 Å². The van der Waals surface area contributed by atoms with E-state index in [0.29, 0.717) is 26.1 Å². The fourth-order valence-electron chi connectivity index (χ4n) is 2.38. The molecule has 6 heteroatoms. The zero-order chi connectivity index (χ0) is 15.5. The minimum Gasteiger partial charge on any atom is -0.389 e. The van der Waals surface area contributed by atoms with Crippen LogP contribution in [0.2, 0.25) is 0 Å². The minimum atomic E-state index is -0.561. The van der Waals surface area contributed by atoms with E-state index in [-0.39, 0.29) is 18.6 Å². The Morgan fingerprint density at radius 3 is 2.67 bits per heavy atom. The SMILES string of the molecule is COCC(C)OCC(O)CNCCC(=O)N1CCCCC1. The maximum Gasteiger partial charge on any atom is 0.223 e. The predicted molar refractivity (Wildman–Crippen MR) is 81.2 cm³/mol. The quantitative estimate of drug-likeness (QED) is 0.571. The first kappa shape index (κ1) is 18.4. The first-order chi connectivity index (χ1) is 10.1. The van der Waals surface area contributed by atoms with Crippen LogP contribution >= 0.6 is 0 Å². The summed E-state index contributed by atoms with van der Waals surface area (Å²) in [5, 5.41) is 12.9. The molecule has 1 aliphatic heterocycles. The predicted octanol–water partition coefficient (Wildman–Crippen LogP) is 0.391. The first-order valence-electron chi connectivity index (χ1n) is 7.90. The van der Waals surface area contributed by atoms with Crippen molar-refractivity contribution in [1.29, 1.82) is 0 Å². The molecule has 124 valence electrons. The van der Waals surface area contributed by atoms with Gasteiger partial charge in [0.15, 0.2) is 0 Å². The average molecular weight is 302 g/mol. The zero-order valence-corrected chi connectivity index (χ0v) is 13.3. The van der Waals surface area contributed by atoms with E-state index in [2.05, 4.69) is 5.32 Å². The fourth-order valence-corrected chi connectivity index (χ4v) is 2.38. The second-order valence-electron chi connectivity index (χ2n) is 5.65. The highest BCUT2D eigenvalue weighted by molar-refractivity contribution is 5.76. The summed E-state index contributed by atoms with van der Waals surface area (Å²) in [6.07, 6.45) is 3.38. The third-order valence-corrected chi connectivity index (χ3v) is 3.58. The van der Waals surface area contributed by atoms with Crippen LogP contribution in [0.3, 0.4) is 0 Å². The molecule has 0 aromatic rings. The number of aliphatic hydroxyl groups excluding tert-OH is 1. The fraction of sp³-hybridized carbons (Fsp3) is 0.933. The van der Waals surface area contributed by atoms with Gasteiger partial charge in [-0.2, -0.15) is 0 Å². The average Bonchev–Trinajstić information content (AvgIpc) is 2.50. The third-order valence-electron chi connectivity index (χ3n) is 3.58. The Hall–Kier alpha value is -0.690. The molecule has 0 saturated carbocycles. The van der Waals surface area contributed by atoms with Gasteiger partial charge in [-0.3, -0.25) is 4.79 Å². The summed E-state index contributed by atoms with van der Waals surface area (Å²) in [7, 11) is 1.62. The number of methoxy groups -OCH3 is 1. The number of likely N-dealkylation sites (tertiary alicyclic amines) is 1. The minimum absolute atomic E-state index is 0.0228. The van der Waals surface area contributed by atoms with Crippen LogP contribution in [0.15, 0.2) is 0 Å². The maximum absolute atomic E-state index is 11.9. The standard InChI is InChI=1S/C15H30N2O4/c1-13(11-20-2)21-12-14(18)10-16-7-6-15(19)17-8-4-3-5-9-17/h13-14,16,18H,3-12H2,1-2H3. The summed E-state index contributed by atoms with van der Waals surface area (Å²) in [5.74, 6) is 0.210. The number of piperidine rings is 1. The first-order valence-corrected chi connectivity index (χ1v) is 7.90. The summed E-state index contributed by atoms with van der Waals surface area (Å²) in [6.45, 7) is 5.52. The van der Waals surface area contributed by atoms with Gasteiger partial charge in [0.1, 0.15) is 0 Å².